The Labute approximate surface area is 134 Å². The second-order valence-electron chi connectivity index (χ2n) is 5.80. The van der Waals surface area contributed by atoms with E-state index in [2.05, 4.69) is 12.2 Å². The molecular weight excluding hydrogens is 276 g/mol. The molecule has 1 aromatic rings. The molecule has 0 aliphatic carbocycles. The summed E-state index contributed by atoms with van der Waals surface area (Å²) in [5, 5.41) is 2.91. The maximum atomic E-state index is 11.9. The van der Waals surface area contributed by atoms with E-state index >= 15 is 0 Å². The lowest BCUT2D eigenvalue weighted by molar-refractivity contribution is -0.123. The first-order valence-electron chi connectivity index (χ1n) is 8.33. The first-order valence-corrected chi connectivity index (χ1v) is 8.33. The molecular formula is C18H30N2O2. The van der Waals surface area contributed by atoms with Crippen LogP contribution in [0.25, 0.3) is 0 Å². The summed E-state index contributed by atoms with van der Waals surface area (Å²) >= 11 is 0. The molecule has 0 aromatic heterocycles. The number of benzene rings is 1. The predicted molar refractivity (Wildman–Crippen MR) is 91.0 cm³/mol. The van der Waals surface area contributed by atoms with Gasteiger partial charge in [0.1, 0.15) is 5.75 Å². The van der Waals surface area contributed by atoms with E-state index in [1.54, 1.807) is 0 Å². The Morgan fingerprint density at radius 3 is 2.55 bits per heavy atom. The maximum absolute atomic E-state index is 11.9. The van der Waals surface area contributed by atoms with Crippen LogP contribution in [0.2, 0.25) is 0 Å². The van der Waals surface area contributed by atoms with Crippen molar-refractivity contribution in [3.05, 3.63) is 29.8 Å². The summed E-state index contributed by atoms with van der Waals surface area (Å²) in [7, 11) is 0. The Hall–Kier alpha value is -1.55. The molecule has 0 fully saturated rings. The van der Waals surface area contributed by atoms with E-state index in [4.69, 9.17) is 10.5 Å². The fourth-order valence-corrected chi connectivity index (χ4v) is 2.05. The van der Waals surface area contributed by atoms with Gasteiger partial charge in [0.2, 0.25) is 5.91 Å². The number of hydrogen-bond donors (Lipinski definition) is 2. The molecule has 1 aromatic carbocycles. The van der Waals surface area contributed by atoms with Crippen LogP contribution in [0.4, 0.5) is 0 Å². The minimum Gasteiger partial charge on any atom is -0.494 e. The van der Waals surface area contributed by atoms with Crippen molar-refractivity contribution in [3.63, 3.8) is 0 Å². The van der Waals surface area contributed by atoms with Gasteiger partial charge in [-0.1, -0.05) is 45.7 Å². The number of carbonyl (C=O) groups excluding carboxylic acids is 1. The van der Waals surface area contributed by atoms with E-state index in [-0.39, 0.29) is 11.8 Å². The zero-order valence-corrected chi connectivity index (χ0v) is 14.1. The highest BCUT2D eigenvalue weighted by Gasteiger charge is 2.18. The number of nitrogens with two attached hydrogens (primary N) is 1. The second kappa shape index (κ2) is 10.2. The Kier molecular flexibility index (Phi) is 8.60. The van der Waals surface area contributed by atoms with Crippen molar-refractivity contribution >= 4 is 5.91 Å². The van der Waals surface area contributed by atoms with E-state index in [9.17, 15) is 4.79 Å². The standard InChI is InChI=1S/C18H30N2O2/c1-4-6-13-22-16-9-7-15(8-10-16)11-12-20-18(21)17(19)14(3)5-2/h7-10,14,17H,4-6,11-13,19H2,1-3H3,(H,20,21). The fourth-order valence-electron chi connectivity index (χ4n) is 2.05. The minimum absolute atomic E-state index is 0.0612. The zero-order valence-electron chi connectivity index (χ0n) is 14.1. The summed E-state index contributed by atoms with van der Waals surface area (Å²) in [5.41, 5.74) is 7.08. The number of unbranched alkanes of at least 4 members (excludes halogenated alkanes) is 1. The largest absolute Gasteiger partial charge is 0.494 e. The average Bonchev–Trinajstić information content (AvgIpc) is 2.55. The maximum Gasteiger partial charge on any atom is 0.237 e. The van der Waals surface area contributed by atoms with Gasteiger partial charge in [0.25, 0.3) is 0 Å². The summed E-state index contributed by atoms with van der Waals surface area (Å²) in [6.45, 7) is 7.57. The van der Waals surface area contributed by atoms with Gasteiger partial charge in [0.15, 0.2) is 0 Å². The third kappa shape index (κ3) is 6.48. The molecule has 1 rings (SSSR count). The van der Waals surface area contributed by atoms with Gasteiger partial charge < -0.3 is 15.8 Å². The van der Waals surface area contributed by atoms with Crippen molar-refractivity contribution in [2.75, 3.05) is 13.2 Å². The molecule has 0 spiro atoms. The van der Waals surface area contributed by atoms with Crippen molar-refractivity contribution < 1.29 is 9.53 Å². The molecule has 3 N–H and O–H groups in total. The smallest absolute Gasteiger partial charge is 0.237 e. The van der Waals surface area contributed by atoms with Crippen LogP contribution in [0, 0.1) is 5.92 Å². The molecule has 0 bridgehead atoms. The van der Waals surface area contributed by atoms with Crippen LogP contribution in [-0.2, 0) is 11.2 Å². The Bertz CT molecular complexity index is 431. The minimum atomic E-state index is -0.417. The van der Waals surface area contributed by atoms with Crippen molar-refractivity contribution in [1.82, 2.24) is 5.32 Å². The van der Waals surface area contributed by atoms with Gasteiger partial charge in [-0.15, -0.1) is 0 Å². The van der Waals surface area contributed by atoms with E-state index < -0.39 is 6.04 Å². The normalized spacial score (nSPS) is 13.5. The van der Waals surface area contributed by atoms with Crippen LogP contribution in [0.5, 0.6) is 5.75 Å². The summed E-state index contributed by atoms with van der Waals surface area (Å²) in [6.07, 6.45) is 3.92. The van der Waals surface area contributed by atoms with E-state index in [0.717, 1.165) is 38.0 Å². The molecule has 0 aliphatic rings. The molecule has 0 heterocycles. The van der Waals surface area contributed by atoms with Crippen LogP contribution in [0.1, 0.15) is 45.6 Å². The van der Waals surface area contributed by atoms with Gasteiger partial charge in [0, 0.05) is 6.54 Å². The second-order valence-corrected chi connectivity index (χ2v) is 5.80. The lowest BCUT2D eigenvalue weighted by Gasteiger charge is -2.17. The SMILES string of the molecule is CCCCOc1ccc(CCNC(=O)C(N)C(C)CC)cc1. The molecule has 0 radical (unpaired) electrons. The van der Waals surface area contributed by atoms with Crippen LogP contribution in [0.3, 0.4) is 0 Å². The summed E-state index contributed by atoms with van der Waals surface area (Å²) in [4.78, 5) is 11.9. The molecule has 4 heteroatoms. The van der Waals surface area contributed by atoms with Crippen LogP contribution in [0.15, 0.2) is 24.3 Å². The number of rotatable bonds is 10. The molecule has 22 heavy (non-hydrogen) atoms. The van der Waals surface area contributed by atoms with Gasteiger partial charge in [0.05, 0.1) is 12.6 Å². The van der Waals surface area contributed by atoms with E-state index in [1.807, 2.05) is 38.1 Å². The monoisotopic (exact) mass is 306 g/mol. The summed E-state index contributed by atoms with van der Waals surface area (Å²) in [6, 6.07) is 7.64. The number of carbonyl (C=O) groups is 1. The summed E-state index contributed by atoms with van der Waals surface area (Å²) in [5.74, 6) is 1.05. The summed E-state index contributed by atoms with van der Waals surface area (Å²) < 4.78 is 5.63. The first kappa shape index (κ1) is 18.5. The molecule has 0 saturated carbocycles. The molecule has 4 nitrogen and oxygen atoms in total. The highest BCUT2D eigenvalue weighted by Crippen LogP contribution is 2.13. The van der Waals surface area contributed by atoms with E-state index in [0.29, 0.717) is 6.54 Å². The molecule has 0 saturated heterocycles. The lowest BCUT2D eigenvalue weighted by atomic mass is 9.99. The molecule has 0 aliphatic heterocycles. The third-order valence-electron chi connectivity index (χ3n) is 3.96. The Morgan fingerprint density at radius 1 is 1.27 bits per heavy atom. The van der Waals surface area contributed by atoms with Gasteiger partial charge in [-0.25, -0.2) is 0 Å². The number of nitrogens with one attached hydrogen (secondary N) is 1. The van der Waals surface area contributed by atoms with Gasteiger partial charge in [-0.3, -0.25) is 4.79 Å². The van der Waals surface area contributed by atoms with Gasteiger partial charge in [-0.05, 0) is 36.5 Å². The number of amides is 1. The Balaban J connectivity index is 2.31. The van der Waals surface area contributed by atoms with Crippen molar-refractivity contribution in [2.24, 2.45) is 11.7 Å². The Morgan fingerprint density at radius 2 is 1.95 bits per heavy atom. The number of hydrogen-bond acceptors (Lipinski definition) is 3. The van der Waals surface area contributed by atoms with Crippen LogP contribution >= 0.6 is 0 Å². The number of ether oxygens (including phenoxy) is 1. The first-order chi connectivity index (χ1) is 10.6. The molecule has 2 unspecified atom stereocenters. The van der Waals surface area contributed by atoms with Crippen LogP contribution in [-0.4, -0.2) is 25.1 Å². The van der Waals surface area contributed by atoms with Crippen molar-refractivity contribution in [3.8, 4) is 5.75 Å². The van der Waals surface area contributed by atoms with Crippen molar-refractivity contribution in [1.29, 1.82) is 0 Å². The highest BCUT2D eigenvalue weighted by atomic mass is 16.5. The molecule has 124 valence electrons. The highest BCUT2D eigenvalue weighted by molar-refractivity contribution is 5.81. The predicted octanol–water partition coefficient (Wildman–Crippen LogP) is 2.90. The van der Waals surface area contributed by atoms with Crippen LogP contribution < -0.4 is 15.8 Å². The molecule has 2 atom stereocenters. The topological polar surface area (TPSA) is 64.3 Å². The van der Waals surface area contributed by atoms with E-state index in [1.165, 1.54) is 5.56 Å². The lowest BCUT2D eigenvalue weighted by Crippen LogP contribution is -2.45. The quantitative estimate of drug-likeness (QED) is 0.653. The van der Waals surface area contributed by atoms with Gasteiger partial charge in [-0.2, -0.15) is 0 Å². The fraction of sp³-hybridized carbons (Fsp3) is 0.611. The molecule has 1 amide bonds. The van der Waals surface area contributed by atoms with Gasteiger partial charge >= 0.3 is 0 Å². The van der Waals surface area contributed by atoms with Crippen molar-refractivity contribution in [2.45, 2.75) is 52.5 Å². The zero-order chi connectivity index (χ0) is 16.4. The average molecular weight is 306 g/mol. The third-order valence-corrected chi connectivity index (χ3v) is 3.96.